The quantitative estimate of drug-likeness (QED) is 0.748. The third-order valence-corrected chi connectivity index (χ3v) is 4.38. The summed E-state index contributed by atoms with van der Waals surface area (Å²) in [6.07, 6.45) is 1.98. The van der Waals surface area contributed by atoms with E-state index in [4.69, 9.17) is 0 Å². The van der Waals surface area contributed by atoms with E-state index in [-0.39, 0.29) is 23.8 Å². The number of aromatic nitrogens is 3. The molecule has 5 nitrogen and oxygen atoms in total. The molecule has 3 aromatic rings. The Balaban J connectivity index is 0.00000169. The van der Waals surface area contributed by atoms with E-state index in [9.17, 15) is 9.18 Å². The molecule has 0 amide bonds. The van der Waals surface area contributed by atoms with E-state index in [1.165, 1.54) is 12.1 Å². The zero-order chi connectivity index (χ0) is 15.8. The molecule has 4 rings (SSSR count). The van der Waals surface area contributed by atoms with E-state index < -0.39 is 0 Å². The fraction of sp³-hybridized carbons (Fsp3) is 0.294. The molecular weight excluding hydrogens is 331 g/mol. The summed E-state index contributed by atoms with van der Waals surface area (Å²) in [5.41, 5.74) is 3.05. The van der Waals surface area contributed by atoms with Crippen molar-refractivity contribution in [2.45, 2.75) is 18.8 Å². The highest BCUT2D eigenvalue weighted by Gasteiger charge is 2.20. The van der Waals surface area contributed by atoms with Gasteiger partial charge in [0.1, 0.15) is 11.5 Å². The van der Waals surface area contributed by atoms with Crippen molar-refractivity contribution in [3.05, 3.63) is 58.3 Å². The van der Waals surface area contributed by atoms with Gasteiger partial charge in [-0.15, -0.1) is 12.4 Å². The van der Waals surface area contributed by atoms with Crippen LogP contribution in [0.1, 0.15) is 24.5 Å². The summed E-state index contributed by atoms with van der Waals surface area (Å²) in [7, 11) is 0. The van der Waals surface area contributed by atoms with E-state index >= 15 is 0 Å². The molecule has 2 N–H and O–H groups in total. The summed E-state index contributed by atoms with van der Waals surface area (Å²) in [5, 5.41) is 7.96. The van der Waals surface area contributed by atoms with Crippen molar-refractivity contribution >= 4 is 18.1 Å². The summed E-state index contributed by atoms with van der Waals surface area (Å²) in [6, 6.07) is 9.69. The maximum atomic E-state index is 13.1. The molecule has 3 heterocycles. The zero-order valence-electron chi connectivity index (χ0n) is 13.0. The molecule has 1 aliphatic rings. The third kappa shape index (κ3) is 3.07. The lowest BCUT2D eigenvalue weighted by Gasteiger charge is -2.23. The molecular formula is C17H18ClFN4O. The summed E-state index contributed by atoms with van der Waals surface area (Å²) in [6.45, 7) is 1.90. The number of nitrogens with one attached hydrogen (secondary N) is 2. The number of benzene rings is 1. The minimum absolute atomic E-state index is 0. The normalized spacial score (nSPS) is 15.4. The molecule has 1 fully saturated rings. The van der Waals surface area contributed by atoms with Crippen LogP contribution in [0.5, 0.6) is 0 Å². The Kier molecular flexibility index (Phi) is 4.69. The predicted octanol–water partition coefficient (Wildman–Crippen LogP) is 2.72. The van der Waals surface area contributed by atoms with Gasteiger partial charge in [-0.3, -0.25) is 4.79 Å². The molecule has 0 saturated carbocycles. The number of H-pyrrole nitrogens is 1. The molecule has 0 radical (unpaired) electrons. The predicted molar refractivity (Wildman–Crippen MR) is 93.3 cm³/mol. The number of aromatic amines is 1. The second-order valence-electron chi connectivity index (χ2n) is 5.92. The molecule has 24 heavy (non-hydrogen) atoms. The molecule has 0 spiro atoms. The molecule has 0 aliphatic carbocycles. The van der Waals surface area contributed by atoms with Crippen molar-refractivity contribution in [1.82, 2.24) is 19.9 Å². The Bertz CT molecular complexity index is 897. The van der Waals surface area contributed by atoms with Gasteiger partial charge in [0.05, 0.1) is 11.4 Å². The van der Waals surface area contributed by atoms with Crippen LogP contribution >= 0.6 is 12.4 Å². The molecule has 7 heteroatoms. The van der Waals surface area contributed by atoms with Gasteiger partial charge in [-0.25, -0.2) is 8.91 Å². The van der Waals surface area contributed by atoms with Gasteiger partial charge in [-0.05, 0) is 50.2 Å². The van der Waals surface area contributed by atoms with Gasteiger partial charge >= 0.3 is 0 Å². The van der Waals surface area contributed by atoms with Crippen LogP contribution in [0.2, 0.25) is 0 Å². The topological polar surface area (TPSA) is 62.2 Å². The number of nitrogens with zero attached hydrogens (tertiary/aromatic N) is 2. The van der Waals surface area contributed by atoms with E-state index in [1.807, 2.05) is 10.6 Å². The molecule has 1 saturated heterocycles. The number of hydrogen-bond acceptors (Lipinski definition) is 3. The van der Waals surface area contributed by atoms with Crippen LogP contribution < -0.4 is 10.9 Å². The number of hydrogen-bond donors (Lipinski definition) is 2. The lowest BCUT2D eigenvalue weighted by molar-refractivity contribution is 0.446. The maximum Gasteiger partial charge on any atom is 0.251 e. The van der Waals surface area contributed by atoms with Crippen LogP contribution in [0, 0.1) is 5.82 Å². The van der Waals surface area contributed by atoms with E-state index in [0.717, 1.165) is 42.9 Å². The standard InChI is InChI=1S/C17H17FN4O.ClH/c18-13-3-1-11(2-4-13)14-9-16-20-17(23)10-15(22(16)21-14)12-5-7-19-8-6-12;/h1-4,9-10,12,19H,5-8H2,(H,20,23);1H. The van der Waals surface area contributed by atoms with Crippen molar-refractivity contribution in [2.24, 2.45) is 0 Å². The smallest absolute Gasteiger partial charge is 0.251 e. The van der Waals surface area contributed by atoms with Crippen molar-refractivity contribution in [3.63, 3.8) is 0 Å². The molecule has 1 aliphatic heterocycles. The van der Waals surface area contributed by atoms with Crippen molar-refractivity contribution < 1.29 is 4.39 Å². The van der Waals surface area contributed by atoms with Gasteiger partial charge in [-0.2, -0.15) is 5.10 Å². The van der Waals surface area contributed by atoms with Crippen molar-refractivity contribution in [3.8, 4) is 11.3 Å². The second kappa shape index (κ2) is 6.75. The van der Waals surface area contributed by atoms with Crippen LogP contribution in [0.3, 0.4) is 0 Å². The minimum Gasteiger partial charge on any atom is -0.317 e. The Morgan fingerprint density at radius 3 is 2.54 bits per heavy atom. The van der Waals surface area contributed by atoms with E-state index in [0.29, 0.717) is 11.6 Å². The zero-order valence-corrected chi connectivity index (χ0v) is 13.8. The Morgan fingerprint density at radius 2 is 1.83 bits per heavy atom. The van der Waals surface area contributed by atoms with Gasteiger partial charge in [0.2, 0.25) is 0 Å². The lowest BCUT2D eigenvalue weighted by Crippen LogP contribution is -2.28. The SMILES string of the molecule is Cl.O=c1cc(C2CCNCC2)n2nc(-c3ccc(F)cc3)cc2[nH]1. The molecule has 126 valence electrons. The van der Waals surface area contributed by atoms with Crippen LogP contribution in [0.4, 0.5) is 4.39 Å². The van der Waals surface area contributed by atoms with Crippen molar-refractivity contribution in [1.29, 1.82) is 0 Å². The molecule has 2 aromatic heterocycles. The summed E-state index contributed by atoms with van der Waals surface area (Å²) < 4.78 is 14.9. The Morgan fingerprint density at radius 1 is 1.12 bits per heavy atom. The molecule has 0 bridgehead atoms. The average Bonchev–Trinajstić information content (AvgIpc) is 2.99. The van der Waals surface area contributed by atoms with Gasteiger partial charge in [-0.1, -0.05) is 0 Å². The number of fused-ring (bicyclic) bond motifs is 1. The number of halogens is 2. The van der Waals surface area contributed by atoms with Crippen molar-refractivity contribution in [2.75, 3.05) is 13.1 Å². The summed E-state index contributed by atoms with van der Waals surface area (Å²) >= 11 is 0. The van der Waals surface area contributed by atoms with Crippen LogP contribution in [0.15, 0.2) is 41.2 Å². The number of rotatable bonds is 2. The largest absolute Gasteiger partial charge is 0.317 e. The highest BCUT2D eigenvalue weighted by Crippen LogP contribution is 2.26. The fourth-order valence-electron chi connectivity index (χ4n) is 3.19. The Hall–Kier alpha value is -2.18. The second-order valence-corrected chi connectivity index (χ2v) is 5.92. The third-order valence-electron chi connectivity index (χ3n) is 4.38. The average molecular weight is 349 g/mol. The fourth-order valence-corrected chi connectivity index (χ4v) is 3.19. The minimum atomic E-state index is -0.277. The maximum absolute atomic E-state index is 13.1. The lowest BCUT2D eigenvalue weighted by atomic mass is 9.94. The van der Waals surface area contributed by atoms with Gasteiger partial charge < -0.3 is 10.3 Å². The highest BCUT2D eigenvalue weighted by molar-refractivity contribution is 5.85. The highest BCUT2D eigenvalue weighted by atomic mass is 35.5. The van der Waals surface area contributed by atoms with Gasteiger partial charge in [0.25, 0.3) is 5.56 Å². The first-order valence-corrected chi connectivity index (χ1v) is 7.80. The first-order valence-electron chi connectivity index (χ1n) is 7.80. The van der Waals surface area contributed by atoms with Crippen LogP contribution in [-0.4, -0.2) is 27.7 Å². The summed E-state index contributed by atoms with van der Waals surface area (Å²) in [5.74, 6) is 0.0448. The first-order chi connectivity index (χ1) is 11.2. The summed E-state index contributed by atoms with van der Waals surface area (Å²) in [4.78, 5) is 14.8. The number of piperidine rings is 1. The van der Waals surface area contributed by atoms with Crippen LogP contribution in [-0.2, 0) is 0 Å². The van der Waals surface area contributed by atoms with Crippen LogP contribution in [0.25, 0.3) is 16.9 Å². The van der Waals surface area contributed by atoms with E-state index in [1.54, 1.807) is 18.2 Å². The van der Waals surface area contributed by atoms with Gasteiger partial charge in [0.15, 0.2) is 0 Å². The Labute approximate surface area is 144 Å². The molecule has 1 aromatic carbocycles. The monoisotopic (exact) mass is 348 g/mol. The van der Waals surface area contributed by atoms with Gasteiger partial charge in [0, 0.05) is 23.6 Å². The van der Waals surface area contributed by atoms with E-state index in [2.05, 4.69) is 15.4 Å². The molecule has 0 atom stereocenters. The molecule has 0 unspecified atom stereocenters. The first kappa shape index (κ1) is 16.7.